The Hall–Kier alpha value is -0.650. The zero-order valence-electron chi connectivity index (χ0n) is 8.86. The molecule has 0 aliphatic carbocycles. The van der Waals surface area contributed by atoms with Crippen LogP contribution < -0.4 is 4.90 Å². The first-order chi connectivity index (χ1) is 7.70. The molecule has 0 spiro atoms. The van der Waals surface area contributed by atoms with Gasteiger partial charge in [-0.05, 0) is 18.0 Å². The lowest BCUT2D eigenvalue weighted by Crippen LogP contribution is -2.23. The molecule has 1 aromatic heterocycles. The summed E-state index contributed by atoms with van der Waals surface area (Å²) in [5.41, 5.74) is 0. The van der Waals surface area contributed by atoms with Crippen molar-refractivity contribution in [1.29, 1.82) is 0 Å². The van der Waals surface area contributed by atoms with Gasteiger partial charge in [-0.3, -0.25) is 0 Å². The number of halogens is 2. The lowest BCUT2D eigenvalue weighted by molar-refractivity contribution is 0.161. The maximum absolute atomic E-state index is 5.93. The summed E-state index contributed by atoms with van der Waals surface area (Å²) in [5.74, 6) is 1.12. The molecule has 0 bridgehead atoms. The predicted molar refractivity (Wildman–Crippen MR) is 62.0 cm³/mol. The molecule has 1 aromatic rings. The Bertz CT molecular complexity index is 377. The molecule has 5 nitrogen and oxygen atoms in total. The molecule has 88 valence electrons. The maximum atomic E-state index is 5.93. The van der Waals surface area contributed by atoms with Gasteiger partial charge in [0.05, 0.1) is 6.61 Å². The number of methoxy groups -OCH3 is 1. The number of nitrogens with zero attached hydrogens (tertiary/aromatic N) is 4. The third-order valence-corrected chi connectivity index (χ3v) is 3.00. The highest BCUT2D eigenvalue weighted by molar-refractivity contribution is 6.32. The fourth-order valence-electron chi connectivity index (χ4n) is 1.88. The van der Waals surface area contributed by atoms with Crippen LogP contribution in [0.3, 0.4) is 0 Å². The minimum absolute atomic E-state index is 0.120. The Morgan fingerprint density at radius 2 is 2.25 bits per heavy atom. The molecule has 2 rings (SSSR count). The summed E-state index contributed by atoms with van der Waals surface area (Å²) in [4.78, 5) is 6.16. The number of anilines is 1. The van der Waals surface area contributed by atoms with E-state index in [1.54, 1.807) is 7.11 Å². The summed E-state index contributed by atoms with van der Waals surface area (Å²) in [5, 5.41) is 7.74. The molecule has 1 fully saturated rings. The average Bonchev–Trinajstić information content (AvgIpc) is 2.71. The van der Waals surface area contributed by atoms with E-state index in [-0.39, 0.29) is 5.28 Å². The van der Waals surface area contributed by atoms with E-state index in [1.165, 1.54) is 0 Å². The van der Waals surface area contributed by atoms with E-state index in [0.717, 1.165) is 26.1 Å². The van der Waals surface area contributed by atoms with Crippen LogP contribution in [-0.2, 0) is 4.74 Å². The van der Waals surface area contributed by atoms with Gasteiger partial charge in [-0.1, -0.05) is 11.6 Å². The first kappa shape index (κ1) is 11.8. The molecule has 16 heavy (non-hydrogen) atoms. The molecule has 1 aliphatic rings. The SMILES string of the molecule is COCC1CCN(c2nc(Cl)nnc2Cl)C1. The first-order valence-corrected chi connectivity index (χ1v) is 5.76. The van der Waals surface area contributed by atoms with E-state index < -0.39 is 0 Å². The van der Waals surface area contributed by atoms with Crippen molar-refractivity contribution in [3.63, 3.8) is 0 Å². The zero-order valence-corrected chi connectivity index (χ0v) is 10.4. The van der Waals surface area contributed by atoms with Crippen LogP contribution in [0, 0.1) is 5.92 Å². The van der Waals surface area contributed by atoms with Gasteiger partial charge < -0.3 is 9.64 Å². The summed E-state index contributed by atoms with van der Waals surface area (Å²) in [6.07, 6.45) is 1.06. The Morgan fingerprint density at radius 1 is 1.44 bits per heavy atom. The Morgan fingerprint density at radius 3 is 3.00 bits per heavy atom. The van der Waals surface area contributed by atoms with Crippen molar-refractivity contribution in [2.45, 2.75) is 6.42 Å². The molecule has 1 unspecified atom stereocenters. The molecule has 2 heterocycles. The second kappa shape index (κ2) is 5.12. The molecule has 0 radical (unpaired) electrons. The largest absolute Gasteiger partial charge is 0.384 e. The standard InChI is InChI=1S/C9H12Cl2N4O/c1-16-5-6-2-3-15(4-6)8-7(10)13-14-9(11)12-8/h6H,2-5H2,1H3. The second-order valence-corrected chi connectivity index (χ2v) is 4.45. The van der Waals surface area contributed by atoms with Gasteiger partial charge in [0.25, 0.3) is 0 Å². The highest BCUT2D eigenvalue weighted by Gasteiger charge is 2.25. The van der Waals surface area contributed by atoms with Gasteiger partial charge >= 0.3 is 0 Å². The number of aromatic nitrogens is 3. The Kier molecular flexibility index (Phi) is 3.78. The van der Waals surface area contributed by atoms with Crippen molar-refractivity contribution < 1.29 is 4.74 Å². The number of hydrogen-bond acceptors (Lipinski definition) is 5. The third-order valence-electron chi connectivity index (χ3n) is 2.59. The fraction of sp³-hybridized carbons (Fsp3) is 0.667. The van der Waals surface area contributed by atoms with Gasteiger partial charge in [0.2, 0.25) is 5.28 Å². The van der Waals surface area contributed by atoms with Crippen LogP contribution in [0.5, 0.6) is 0 Å². The van der Waals surface area contributed by atoms with E-state index >= 15 is 0 Å². The average molecular weight is 263 g/mol. The smallest absolute Gasteiger partial charge is 0.245 e. The van der Waals surface area contributed by atoms with Gasteiger partial charge in [0.15, 0.2) is 11.0 Å². The van der Waals surface area contributed by atoms with Crippen LogP contribution in [0.25, 0.3) is 0 Å². The van der Waals surface area contributed by atoms with Crippen LogP contribution in [0.15, 0.2) is 0 Å². The molecular weight excluding hydrogens is 251 g/mol. The fourth-order valence-corrected chi connectivity index (χ4v) is 2.20. The van der Waals surface area contributed by atoms with Crippen LogP contribution in [0.1, 0.15) is 6.42 Å². The monoisotopic (exact) mass is 262 g/mol. The van der Waals surface area contributed by atoms with Crippen molar-refractivity contribution in [3.8, 4) is 0 Å². The Labute approximate surface area is 104 Å². The molecule has 1 saturated heterocycles. The molecule has 1 aliphatic heterocycles. The minimum Gasteiger partial charge on any atom is -0.384 e. The van der Waals surface area contributed by atoms with Crippen molar-refractivity contribution in [3.05, 3.63) is 10.4 Å². The van der Waals surface area contributed by atoms with E-state index in [9.17, 15) is 0 Å². The van der Waals surface area contributed by atoms with Crippen LogP contribution in [-0.4, -0.2) is 42.0 Å². The third kappa shape index (κ3) is 2.53. The summed E-state index contributed by atoms with van der Waals surface area (Å²) in [6, 6.07) is 0. The van der Waals surface area contributed by atoms with E-state index in [4.69, 9.17) is 27.9 Å². The number of rotatable bonds is 3. The molecule has 0 saturated carbocycles. The molecule has 1 atom stereocenters. The van der Waals surface area contributed by atoms with E-state index in [0.29, 0.717) is 16.9 Å². The number of hydrogen-bond donors (Lipinski definition) is 0. The predicted octanol–water partition coefficient (Wildman–Crippen LogP) is 1.65. The van der Waals surface area contributed by atoms with Crippen molar-refractivity contribution in [2.24, 2.45) is 5.92 Å². The first-order valence-electron chi connectivity index (χ1n) is 5.00. The maximum Gasteiger partial charge on any atom is 0.245 e. The van der Waals surface area contributed by atoms with Gasteiger partial charge in [-0.25, -0.2) is 0 Å². The zero-order chi connectivity index (χ0) is 11.5. The van der Waals surface area contributed by atoms with Crippen LogP contribution in [0.4, 0.5) is 5.82 Å². The Balaban J connectivity index is 2.11. The molecule has 0 amide bonds. The molecule has 0 aromatic carbocycles. The van der Waals surface area contributed by atoms with Crippen molar-refractivity contribution >= 4 is 29.0 Å². The van der Waals surface area contributed by atoms with Crippen LogP contribution in [0.2, 0.25) is 10.4 Å². The summed E-state index contributed by atoms with van der Waals surface area (Å²) in [6.45, 7) is 2.51. The van der Waals surface area contributed by atoms with E-state index in [1.807, 2.05) is 0 Å². The summed E-state index contributed by atoms with van der Waals surface area (Å²) < 4.78 is 5.13. The van der Waals surface area contributed by atoms with Crippen molar-refractivity contribution in [2.75, 3.05) is 31.7 Å². The van der Waals surface area contributed by atoms with Gasteiger partial charge in [0.1, 0.15) is 0 Å². The summed E-state index contributed by atoms with van der Waals surface area (Å²) in [7, 11) is 1.71. The van der Waals surface area contributed by atoms with Gasteiger partial charge in [0, 0.05) is 26.1 Å². The quantitative estimate of drug-likeness (QED) is 0.829. The summed E-state index contributed by atoms with van der Waals surface area (Å²) >= 11 is 11.6. The topological polar surface area (TPSA) is 51.1 Å². The van der Waals surface area contributed by atoms with Gasteiger partial charge in [-0.15, -0.1) is 10.2 Å². The van der Waals surface area contributed by atoms with E-state index in [2.05, 4.69) is 20.1 Å². The lowest BCUT2D eigenvalue weighted by atomic mass is 10.1. The molecule has 7 heteroatoms. The number of ether oxygens (including phenoxy) is 1. The normalized spacial score (nSPS) is 20.4. The highest BCUT2D eigenvalue weighted by atomic mass is 35.5. The lowest BCUT2D eigenvalue weighted by Gasteiger charge is -2.17. The minimum atomic E-state index is 0.120. The molecule has 0 N–H and O–H groups in total. The second-order valence-electron chi connectivity index (χ2n) is 3.75. The van der Waals surface area contributed by atoms with Crippen LogP contribution >= 0.6 is 23.2 Å². The molecular formula is C9H12Cl2N4O. The van der Waals surface area contributed by atoms with Crippen molar-refractivity contribution in [1.82, 2.24) is 15.2 Å². The highest BCUT2D eigenvalue weighted by Crippen LogP contribution is 2.27. The van der Waals surface area contributed by atoms with Gasteiger partial charge in [-0.2, -0.15) is 4.98 Å².